The maximum atomic E-state index is 9.43. The highest BCUT2D eigenvalue weighted by atomic mass is 15.5. The van der Waals surface area contributed by atoms with E-state index >= 15 is 0 Å². The quantitative estimate of drug-likeness (QED) is 0.118. The van der Waals surface area contributed by atoms with Gasteiger partial charge in [-0.25, -0.2) is 0 Å². The standard InChI is InChI=1S/C32H28N2.C26H24N2.C25H36N2.C24H34N2.C20H28N2/c1-24-14-12-13-21-29(24)34-25(2)30-32(27-17-8-4-9-18-27,28-19-10-5-11-20-28)22-23-33(30)31(34)26-15-6-3-7-16-26;1-19-11-9-10-16-24(19)28-20(2)25-23(21-12-5-3-6-13-21)17-18-27(25)26(28)22-14-7-4-8-15-22;1-18-12-10-11-15-21(18)27-19(2)22-25(6,20-13-8-7-9-14-20)16-17-26(22)23(27)24(3,4)5;1-17-11-7-10-14-20(17)26-18(2)21-24(6,19-12-8-9-13-19)15-16-25(21)22(26)23(3,4)5;1-14-10-8-9-11-16(14)22-15(2)17-20(6,7)12-13-21(17)18(22)19(3,4)5/h3-23,31H,1-2H3;3-18,23,26H,1-2H3;10-12,15-17,20,23H,7-9,13-14H2,1-6H3;7,10-11,14-16,19,22H,8-9,12-13H2,1-6H3;8-13,18H,1-7H3/i;23D;;;. The average molecular weight is 1820 g/mol. The Hall–Kier alpha value is -12.4. The van der Waals surface area contributed by atoms with Gasteiger partial charge in [0.05, 0.1) is 16.8 Å². The summed E-state index contributed by atoms with van der Waals surface area (Å²) in [6.07, 6.45) is 36.8. The van der Waals surface area contributed by atoms with E-state index in [1.165, 1.54) is 170 Å². The molecular formula is C127H150N10. The zero-order valence-electron chi connectivity index (χ0n) is 87.1. The van der Waals surface area contributed by atoms with Gasteiger partial charge < -0.3 is 49.0 Å². The van der Waals surface area contributed by atoms with Gasteiger partial charge in [0.25, 0.3) is 0 Å². The molecule has 0 spiro atoms. The molecule has 8 unspecified atom stereocenters. The number of hydrogen-bond donors (Lipinski definition) is 0. The summed E-state index contributed by atoms with van der Waals surface area (Å²) in [6, 6.07) is 97.0. The minimum absolute atomic E-state index is 0.000475. The lowest BCUT2D eigenvalue weighted by Gasteiger charge is -2.42. The van der Waals surface area contributed by atoms with Crippen molar-refractivity contribution in [1.82, 2.24) is 24.5 Å². The second-order valence-corrected chi connectivity index (χ2v) is 44.8. The summed E-state index contributed by atoms with van der Waals surface area (Å²) >= 11 is 0. The molecule has 0 amide bonds. The van der Waals surface area contributed by atoms with E-state index < -0.39 is 5.89 Å². The van der Waals surface area contributed by atoms with Gasteiger partial charge in [-0.15, -0.1) is 0 Å². The predicted molar refractivity (Wildman–Crippen MR) is 576 cm³/mol. The van der Waals surface area contributed by atoms with E-state index in [0.717, 1.165) is 28.8 Å². The van der Waals surface area contributed by atoms with Gasteiger partial charge in [-0.2, -0.15) is 0 Å². The van der Waals surface area contributed by atoms with Crippen LogP contribution in [0.2, 0.25) is 0 Å². The Labute approximate surface area is 823 Å². The van der Waals surface area contributed by atoms with Gasteiger partial charge in [0.1, 0.15) is 30.8 Å². The maximum Gasteiger partial charge on any atom is 0.136 e. The Kier molecular flexibility index (Phi) is 25.6. The molecule has 8 atom stereocenters. The van der Waals surface area contributed by atoms with Crippen LogP contribution in [0.5, 0.6) is 0 Å². The average Bonchev–Trinajstić information content (AvgIpc) is 1.88. The Morgan fingerprint density at radius 2 is 0.555 bits per heavy atom. The third-order valence-corrected chi connectivity index (χ3v) is 31.9. The number of allylic oxidation sites excluding steroid dienone is 10. The smallest absolute Gasteiger partial charge is 0.136 e. The number of benzene rings is 10. The van der Waals surface area contributed by atoms with Crippen molar-refractivity contribution in [1.29, 1.82) is 0 Å². The largest absolute Gasteiger partial charge is 0.328 e. The fourth-order valence-corrected chi connectivity index (χ4v) is 25.7. The lowest BCUT2D eigenvalue weighted by Crippen LogP contribution is -2.47. The lowest BCUT2D eigenvalue weighted by molar-refractivity contribution is 0.164. The molecule has 10 aliphatic heterocycles. The molecule has 2 aliphatic carbocycles. The molecule has 708 valence electrons. The van der Waals surface area contributed by atoms with E-state index in [-0.39, 0.29) is 50.2 Å². The Morgan fingerprint density at radius 3 is 0.920 bits per heavy atom. The molecule has 0 bridgehead atoms. The van der Waals surface area contributed by atoms with Crippen LogP contribution in [-0.2, 0) is 5.41 Å². The van der Waals surface area contributed by atoms with Crippen molar-refractivity contribution in [2.75, 3.05) is 24.5 Å². The first-order valence-electron chi connectivity index (χ1n) is 51.4. The molecule has 10 aromatic rings. The van der Waals surface area contributed by atoms with Gasteiger partial charge in [-0.05, 0) is 199 Å². The zero-order chi connectivity index (χ0) is 97.5. The second kappa shape index (κ2) is 37.5. The molecule has 12 aliphatic rings. The van der Waals surface area contributed by atoms with Crippen molar-refractivity contribution in [3.63, 3.8) is 0 Å². The normalized spacial score (nSPS) is 24.5. The number of hydrogen-bond acceptors (Lipinski definition) is 10. The molecule has 2 saturated carbocycles. The van der Waals surface area contributed by atoms with Crippen molar-refractivity contribution in [2.45, 2.75) is 259 Å². The van der Waals surface area contributed by atoms with Gasteiger partial charge in [-0.1, -0.05) is 389 Å². The minimum atomic E-state index is -0.893. The summed E-state index contributed by atoms with van der Waals surface area (Å²) in [5.41, 5.74) is 33.2. The summed E-state index contributed by atoms with van der Waals surface area (Å²) < 4.78 is 9.43. The molecule has 0 saturated heterocycles. The summed E-state index contributed by atoms with van der Waals surface area (Å²) in [4.78, 5) is 25.1. The second-order valence-electron chi connectivity index (χ2n) is 44.8. The van der Waals surface area contributed by atoms with Crippen molar-refractivity contribution in [3.05, 3.63) is 447 Å². The van der Waals surface area contributed by atoms with E-state index in [1.54, 1.807) is 11.4 Å². The van der Waals surface area contributed by atoms with Crippen LogP contribution in [0.1, 0.15) is 258 Å². The zero-order valence-corrected chi connectivity index (χ0v) is 86.1. The van der Waals surface area contributed by atoms with E-state index in [4.69, 9.17) is 0 Å². The van der Waals surface area contributed by atoms with Crippen LogP contribution < -0.4 is 24.5 Å². The first-order chi connectivity index (χ1) is 66.0. The number of fused-ring (bicyclic) bond motifs is 5. The molecule has 10 heteroatoms. The molecule has 10 aromatic carbocycles. The number of nitrogens with zero attached hydrogens (tertiary/aromatic N) is 10. The Balaban J connectivity index is 0.000000115. The van der Waals surface area contributed by atoms with E-state index in [9.17, 15) is 1.37 Å². The molecule has 0 aromatic heterocycles. The first-order valence-corrected chi connectivity index (χ1v) is 50.9. The van der Waals surface area contributed by atoms with Crippen LogP contribution in [0.15, 0.2) is 391 Å². The lowest BCUT2D eigenvalue weighted by atomic mass is 9.68. The van der Waals surface area contributed by atoms with Crippen LogP contribution in [0.25, 0.3) is 0 Å². The van der Waals surface area contributed by atoms with Crippen LogP contribution in [0.3, 0.4) is 0 Å². The summed E-state index contributed by atoms with van der Waals surface area (Å²) in [6.45, 7) is 53.3. The van der Waals surface area contributed by atoms with Crippen molar-refractivity contribution in [2.24, 2.45) is 44.3 Å². The predicted octanol–water partition coefficient (Wildman–Crippen LogP) is 32.5. The van der Waals surface area contributed by atoms with Gasteiger partial charge in [0, 0.05) is 145 Å². The van der Waals surface area contributed by atoms with Crippen LogP contribution >= 0.6 is 0 Å². The SMILES string of the molecule is CC1=C2N(C=CC2(C)C)C(C(C)(C)C)N1c1ccccc1C.CC1=C2N(C=CC2(C)C2CCCC2)C(C(C)(C)C)N1c1ccccc1C.CC1=C2N(C=CC2(C)C2CCCCC2)C(C(C)(C)C)N1c1ccccc1C.CC1=C2N(C=CC2(c2ccccc2)c2ccccc2)C(c2ccccc2)N1c1ccccc1C.[2H]C1(c2ccccc2)C=CN2C1=C(C)N(c1ccccc1C)C2c1ccccc1. The van der Waals surface area contributed by atoms with E-state index in [0.29, 0.717) is 18.5 Å². The topological polar surface area (TPSA) is 32.4 Å². The molecule has 2 fully saturated rings. The Bertz CT molecular complexity index is 6410. The third-order valence-electron chi connectivity index (χ3n) is 31.9. The van der Waals surface area contributed by atoms with Gasteiger partial charge >= 0.3 is 0 Å². The fourth-order valence-electron chi connectivity index (χ4n) is 25.7. The van der Waals surface area contributed by atoms with E-state index in [2.05, 4.69) is 518 Å². The number of anilines is 5. The maximum absolute atomic E-state index is 9.43. The monoisotopic (exact) mass is 1820 g/mol. The first kappa shape index (κ1) is 93.6. The summed E-state index contributed by atoms with van der Waals surface area (Å²) in [5, 5.41) is 0. The fraction of sp³-hybridized carbons (Fsp3) is 0.370. The van der Waals surface area contributed by atoms with Crippen molar-refractivity contribution >= 4 is 28.4 Å². The summed E-state index contributed by atoms with van der Waals surface area (Å²) in [5.74, 6) is 0.663. The number of aryl methyl sites for hydroxylation is 5. The molecular weight excluding hydrogens is 1670 g/mol. The molecule has 0 N–H and O–H groups in total. The summed E-state index contributed by atoms with van der Waals surface area (Å²) in [7, 11) is 0. The highest BCUT2D eigenvalue weighted by molar-refractivity contribution is 5.71. The van der Waals surface area contributed by atoms with Crippen LogP contribution in [-0.4, -0.2) is 43.0 Å². The Morgan fingerprint density at radius 1 is 0.270 bits per heavy atom. The van der Waals surface area contributed by atoms with Crippen molar-refractivity contribution in [3.8, 4) is 0 Å². The highest BCUT2D eigenvalue weighted by Gasteiger charge is 2.58. The van der Waals surface area contributed by atoms with Gasteiger partial charge in [-0.3, -0.25) is 0 Å². The molecule has 10 nitrogen and oxygen atoms in total. The number of para-hydroxylation sites is 5. The highest BCUT2D eigenvalue weighted by Crippen LogP contribution is 2.62. The molecule has 10 heterocycles. The minimum Gasteiger partial charge on any atom is -0.328 e. The van der Waals surface area contributed by atoms with Gasteiger partial charge in [0.15, 0.2) is 0 Å². The van der Waals surface area contributed by atoms with Crippen LogP contribution in [0, 0.1) is 78.9 Å². The van der Waals surface area contributed by atoms with Crippen LogP contribution in [0.4, 0.5) is 28.4 Å². The van der Waals surface area contributed by atoms with Gasteiger partial charge in [0.2, 0.25) is 0 Å². The van der Waals surface area contributed by atoms with Crippen molar-refractivity contribution < 1.29 is 1.37 Å². The third kappa shape index (κ3) is 16.9. The molecule has 22 rings (SSSR count). The molecule has 0 radical (unpaired) electrons. The number of rotatable bonds is 12. The van der Waals surface area contributed by atoms with E-state index in [1.807, 2.05) is 24.3 Å². The molecule has 137 heavy (non-hydrogen) atoms.